The molecule has 0 bridgehead atoms. The summed E-state index contributed by atoms with van der Waals surface area (Å²) in [6, 6.07) is 3.12. The lowest BCUT2D eigenvalue weighted by atomic mass is 9.97. The number of benzene rings is 1. The monoisotopic (exact) mass is 602 g/mol. The van der Waals surface area contributed by atoms with E-state index in [2.05, 4.69) is 49.6 Å². The topological polar surface area (TPSA) is 131 Å². The number of carboxylic acids is 1. The molecule has 2 fully saturated rings. The molecule has 1 aliphatic heterocycles. The summed E-state index contributed by atoms with van der Waals surface area (Å²) in [6.45, 7) is 1.43. The molecule has 2 aliphatic rings. The molecule has 0 unspecified atom stereocenters. The second-order valence-corrected chi connectivity index (χ2v) is 11.9. The zero-order valence-corrected chi connectivity index (χ0v) is 24.7. The first kappa shape index (κ1) is 28.0. The fraction of sp³-hybridized carbons (Fsp3) is 0.355. The molecule has 1 aromatic carbocycles. The first-order chi connectivity index (χ1) is 21.1. The zero-order chi connectivity index (χ0) is 31.0. The molecule has 13 heteroatoms. The molecule has 7 rings (SSSR count). The molecule has 0 spiro atoms. The molecule has 0 amide bonds. The number of anilines is 2. The number of rotatable bonds is 6. The number of hydrogen-bond acceptors (Lipinski definition) is 8. The van der Waals surface area contributed by atoms with Crippen molar-refractivity contribution in [1.82, 2.24) is 24.5 Å². The molecule has 5 heterocycles. The van der Waals surface area contributed by atoms with Gasteiger partial charge in [-0.3, -0.25) is 4.79 Å². The lowest BCUT2D eigenvalue weighted by molar-refractivity contribution is 0.0695. The maximum Gasteiger partial charge on any atom is 0.341 e. The number of hydrogen-bond donors (Lipinski definition) is 4. The quantitative estimate of drug-likeness (QED) is 0.227. The van der Waals surface area contributed by atoms with Gasteiger partial charge in [0.15, 0.2) is 17.3 Å². The molecule has 4 N–H and O–H groups in total. The van der Waals surface area contributed by atoms with Gasteiger partial charge >= 0.3 is 5.97 Å². The number of pyridine rings is 3. The molecule has 11 nitrogen and oxygen atoms in total. The Kier molecular flexibility index (Phi) is 6.46. The van der Waals surface area contributed by atoms with Crippen molar-refractivity contribution in [3.63, 3.8) is 0 Å². The number of nitrogens with one attached hydrogen (secondary N) is 3. The molecule has 1 aliphatic carbocycles. The second kappa shape index (κ2) is 10.2. The van der Waals surface area contributed by atoms with Crippen LogP contribution in [0.1, 0.15) is 23.2 Å². The van der Waals surface area contributed by atoms with Crippen molar-refractivity contribution in [1.29, 1.82) is 0 Å². The molecule has 44 heavy (non-hydrogen) atoms. The highest BCUT2D eigenvalue weighted by atomic mass is 19.2. The molecular weight excluding hydrogens is 570 g/mol. The Bertz CT molecular complexity index is 2060. The van der Waals surface area contributed by atoms with Gasteiger partial charge in [-0.05, 0) is 44.8 Å². The van der Waals surface area contributed by atoms with Gasteiger partial charge in [-0.15, -0.1) is 0 Å². The van der Waals surface area contributed by atoms with Crippen LogP contribution in [0.3, 0.4) is 0 Å². The maximum atomic E-state index is 15.7. The van der Waals surface area contributed by atoms with E-state index in [1.165, 1.54) is 10.9 Å². The molecule has 5 aromatic rings. The van der Waals surface area contributed by atoms with E-state index in [0.29, 0.717) is 63.5 Å². The van der Waals surface area contributed by atoms with Crippen LogP contribution < -0.4 is 21.1 Å². The number of aromatic carboxylic acids is 1. The average molecular weight is 603 g/mol. The third-order valence-electron chi connectivity index (χ3n) is 9.46. The molecule has 4 aromatic heterocycles. The Morgan fingerprint density at radius 2 is 1.91 bits per heavy atom. The van der Waals surface area contributed by atoms with E-state index in [1.54, 1.807) is 32.6 Å². The Morgan fingerprint density at radius 3 is 2.61 bits per heavy atom. The van der Waals surface area contributed by atoms with Crippen LogP contribution >= 0.6 is 0 Å². The van der Waals surface area contributed by atoms with Crippen molar-refractivity contribution in [2.75, 3.05) is 56.9 Å². The van der Waals surface area contributed by atoms with Gasteiger partial charge in [0.25, 0.3) is 0 Å². The van der Waals surface area contributed by atoms with Crippen molar-refractivity contribution in [2.45, 2.75) is 18.9 Å². The number of halogens is 2. The van der Waals surface area contributed by atoms with Crippen LogP contribution in [0.25, 0.3) is 44.1 Å². The SMILES string of the molecule is CNc1cc(F)c(F)c2c1[nH]c1ncc(-c3cnc4c(c3)c(=O)c(C(=O)O)cn4NC)c(N3C[C@@H]4CC[C@@H](N(C)C)[C@@H]4C3)c12. The number of aromatic amines is 1. The number of nitrogens with zero attached hydrogens (tertiary/aromatic N) is 5. The van der Waals surface area contributed by atoms with Gasteiger partial charge in [0.1, 0.15) is 11.2 Å². The van der Waals surface area contributed by atoms with Crippen LogP contribution in [-0.4, -0.2) is 82.9 Å². The van der Waals surface area contributed by atoms with Crippen molar-refractivity contribution in [3.8, 4) is 11.1 Å². The summed E-state index contributed by atoms with van der Waals surface area (Å²) in [5.41, 5.74) is 4.98. The number of H-pyrrole nitrogens is 1. The van der Waals surface area contributed by atoms with Gasteiger partial charge in [-0.1, -0.05) is 0 Å². The van der Waals surface area contributed by atoms with Gasteiger partial charge in [-0.2, -0.15) is 0 Å². The average Bonchev–Trinajstić information content (AvgIpc) is 3.71. The van der Waals surface area contributed by atoms with Crippen LogP contribution in [0.2, 0.25) is 0 Å². The van der Waals surface area contributed by atoms with Gasteiger partial charge in [0, 0.05) is 69.0 Å². The predicted octanol–water partition coefficient (Wildman–Crippen LogP) is 4.06. The van der Waals surface area contributed by atoms with Crippen molar-refractivity contribution >= 4 is 50.3 Å². The van der Waals surface area contributed by atoms with E-state index in [0.717, 1.165) is 25.5 Å². The van der Waals surface area contributed by atoms with Crippen molar-refractivity contribution in [3.05, 3.63) is 58.1 Å². The normalized spacial score (nSPS) is 19.9. The number of carbonyl (C=O) groups is 1. The van der Waals surface area contributed by atoms with E-state index in [9.17, 15) is 19.1 Å². The summed E-state index contributed by atoms with van der Waals surface area (Å²) in [5, 5.41) is 13.3. The summed E-state index contributed by atoms with van der Waals surface area (Å²) in [5.74, 6) is -2.50. The minimum atomic E-state index is -1.36. The van der Waals surface area contributed by atoms with Gasteiger partial charge < -0.3 is 30.6 Å². The van der Waals surface area contributed by atoms with E-state index >= 15 is 4.39 Å². The number of carboxylic acid groups (broad SMARTS) is 1. The van der Waals surface area contributed by atoms with Crippen molar-refractivity contribution < 1.29 is 18.7 Å². The maximum absolute atomic E-state index is 15.7. The Labute approximate surface area is 250 Å². The zero-order valence-electron chi connectivity index (χ0n) is 24.7. The minimum Gasteiger partial charge on any atom is -0.477 e. The fourth-order valence-electron chi connectivity index (χ4n) is 7.42. The van der Waals surface area contributed by atoms with Crippen LogP contribution in [0.5, 0.6) is 0 Å². The van der Waals surface area contributed by atoms with Crippen molar-refractivity contribution in [2.24, 2.45) is 11.8 Å². The molecular formula is C31H32F2N8O3. The predicted molar refractivity (Wildman–Crippen MR) is 166 cm³/mol. The lowest BCUT2D eigenvalue weighted by Crippen LogP contribution is -2.35. The van der Waals surface area contributed by atoms with Crippen LogP contribution in [0.4, 0.5) is 20.2 Å². The van der Waals surface area contributed by atoms with E-state index < -0.39 is 28.6 Å². The smallest absolute Gasteiger partial charge is 0.341 e. The van der Waals surface area contributed by atoms with Crippen LogP contribution in [0.15, 0.2) is 35.5 Å². The molecule has 1 saturated heterocycles. The summed E-state index contributed by atoms with van der Waals surface area (Å²) < 4.78 is 32.1. The van der Waals surface area contributed by atoms with Crippen LogP contribution in [0, 0.1) is 23.5 Å². The number of aromatic nitrogens is 4. The Balaban J connectivity index is 1.53. The Morgan fingerprint density at radius 1 is 1.11 bits per heavy atom. The molecule has 3 atom stereocenters. The Hall–Kier alpha value is -4.78. The highest BCUT2D eigenvalue weighted by Gasteiger charge is 2.44. The summed E-state index contributed by atoms with van der Waals surface area (Å²) in [4.78, 5) is 42.1. The highest BCUT2D eigenvalue weighted by molar-refractivity contribution is 6.18. The van der Waals surface area contributed by atoms with Crippen LogP contribution in [-0.2, 0) is 0 Å². The fourth-order valence-corrected chi connectivity index (χ4v) is 7.42. The first-order valence-corrected chi connectivity index (χ1v) is 14.5. The van der Waals surface area contributed by atoms with Gasteiger partial charge in [0.2, 0.25) is 5.43 Å². The third kappa shape index (κ3) is 4.02. The third-order valence-corrected chi connectivity index (χ3v) is 9.46. The van der Waals surface area contributed by atoms with Gasteiger partial charge in [0.05, 0.1) is 33.1 Å². The lowest BCUT2D eigenvalue weighted by Gasteiger charge is -2.28. The first-order valence-electron chi connectivity index (χ1n) is 14.5. The van der Waals surface area contributed by atoms with Gasteiger partial charge in [-0.25, -0.2) is 28.2 Å². The summed E-state index contributed by atoms with van der Waals surface area (Å²) in [7, 11) is 7.42. The molecule has 1 saturated carbocycles. The van der Waals surface area contributed by atoms with E-state index in [4.69, 9.17) is 0 Å². The minimum absolute atomic E-state index is 0.0920. The highest BCUT2D eigenvalue weighted by Crippen LogP contribution is 2.48. The summed E-state index contributed by atoms with van der Waals surface area (Å²) >= 11 is 0. The summed E-state index contributed by atoms with van der Waals surface area (Å²) in [6.07, 6.45) is 6.61. The second-order valence-electron chi connectivity index (χ2n) is 11.9. The van der Waals surface area contributed by atoms with E-state index in [-0.39, 0.29) is 16.4 Å². The standard InChI is InChI=1S/C31H32F2N8O3/c1-34-21-8-20(32)25(33)23-24-27(40-11-14-5-6-22(39(3)4)18(14)12-40)17(10-36-29(24)38-26(21)23)15-7-16-28(42)19(31(43)44)13-41(35-2)30(16)37-9-15/h7-10,13-14,18,22,34-35H,5-6,11-12H2,1-4H3,(H,36,38)(H,43,44)/t14-,18+,22+/m0/s1. The largest absolute Gasteiger partial charge is 0.477 e. The molecule has 228 valence electrons. The molecule has 0 radical (unpaired) electrons. The number of fused-ring (bicyclic) bond motifs is 5. The van der Waals surface area contributed by atoms with E-state index in [1.807, 2.05) is 0 Å².